The maximum atomic E-state index is 9.25. The number of hydrogen-bond donors (Lipinski definition) is 2. The Morgan fingerprint density at radius 2 is 2.35 bits per heavy atom. The Hall–Kier alpha value is -1.66. The smallest absolute Gasteiger partial charge is 0.158 e. The maximum absolute atomic E-state index is 9.25. The maximum Gasteiger partial charge on any atom is 0.158 e. The summed E-state index contributed by atoms with van der Waals surface area (Å²) >= 11 is 0. The zero-order valence-corrected chi connectivity index (χ0v) is 11.9. The molecule has 3 rings (SSSR count). The first-order valence-electron chi connectivity index (χ1n) is 7.10. The molecule has 2 aromatic rings. The van der Waals surface area contributed by atoms with E-state index in [1.807, 2.05) is 24.9 Å². The average Bonchev–Trinajstić information content (AvgIpc) is 3.16. The van der Waals surface area contributed by atoms with Crippen LogP contribution in [0.3, 0.4) is 0 Å². The van der Waals surface area contributed by atoms with E-state index in [0.29, 0.717) is 12.1 Å². The molecule has 0 amide bonds. The van der Waals surface area contributed by atoms with E-state index < -0.39 is 0 Å². The molecule has 1 fully saturated rings. The third kappa shape index (κ3) is 2.25. The van der Waals surface area contributed by atoms with Crippen LogP contribution in [0.4, 0.5) is 0 Å². The van der Waals surface area contributed by atoms with E-state index >= 15 is 0 Å². The summed E-state index contributed by atoms with van der Waals surface area (Å²) in [7, 11) is 0. The monoisotopic (exact) mass is 275 g/mol. The minimum absolute atomic E-state index is 0.185. The van der Waals surface area contributed by atoms with Crippen molar-refractivity contribution in [3.8, 4) is 11.5 Å². The molecule has 6 nitrogen and oxygen atoms in total. The molecule has 0 aromatic carbocycles. The lowest BCUT2D eigenvalue weighted by molar-refractivity contribution is 0.253. The number of aromatic nitrogens is 4. The molecule has 0 radical (unpaired) electrons. The zero-order valence-electron chi connectivity index (χ0n) is 11.9. The third-order valence-corrected chi connectivity index (χ3v) is 3.93. The highest BCUT2D eigenvalue weighted by Crippen LogP contribution is 2.27. The predicted molar refractivity (Wildman–Crippen MR) is 76.4 cm³/mol. The number of aliphatic hydroxyl groups excluding tert-OH is 1. The van der Waals surface area contributed by atoms with Crippen molar-refractivity contribution in [1.82, 2.24) is 24.4 Å². The van der Waals surface area contributed by atoms with Crippen LogP contribution in [0.2, 0.25) is 0 Å². The molecular formula is C14H21N5O. The fourth-order valence-corrected chi connectivity index (χ4v) is 2.84. The first-order valence-corrected chi connectivity index (χ1v) is 7.10. The SMILES string of the molecule is CC(C)n1cncc1-c1nccn1[C@@H]1CN[C@@H](CO)C1. The van der Waals surface area contributed by atoms with Crippen LogP contribution in [0.5, 0.6) is 0 Å². The Labute approximate surface area is 118 Å². The molecule has 1 aliphatic heterocycles. The number of nitrogens with zero attached hydrogens (tertiary/aromatic N) is 4. The molecule has 3 heterocycles. The second kappa shape index (κ2) is 5.38. The van der Waals surface area contributed by atoms with Crippen molar-refractivity contribution in [3.05, 3.63) is 24.9 Å². The Morgan fingerprint density at radius 1 is 1.50 bits per heavy atom. The van der Waals surface area contributed by atoms with Crippen molar-refractivity contribution in [1.29, 1.82) is 0 Å². The third-order valence-electron chi connectivity index (χ3n) is 3.93. The van der Waals surface area contributed by atoms with Gasteiger partial charge in [0.05, 0.1) is 19.1 Å². The number of imidazole rings is 2. The topological polar surface area (TPSA) is 67.9 Å². The van der Waals surface area contributed by atoms with E-state index in [4.69, 9.17) is 0 Å². The predicted octanol–water partition coefficient (Wildman–Crippen LogP) is 1.22. The number of rotatable bonds is 4. The van der Waals surface area contributed by atoms with Crippen molar-refractivity contribution in [2.75, 3.05) is 13.2 Å². The molecule has 0 aliphatic carbocycles. The molecule has 6 heteroatoms. The minimum atomic E-state index is 0.185. The first kappa shape index (κ1) is 13.3. The van der Waals surface area contributed by atoms with E-state index in [9.17, 15) is 5.11 Å². The van der Waals surface area contributed by atoms with Gasteiger partial charge in [0.15, 0.2) is 5.82 Å². The molecule has 2 N–H and O–H groups in total. The molecule has 2 atom stereocenters. The zero-order chi connectivity index (χ0) is 14.1. The molecule has 20 heavy (non-hydrogen) atoms. The summed E-state index contributed by atoms with van der Waals surface area (Å²) in [6, 6.07) is 0.870. The Kier molecular flexibility index (Phi) is 3.58. The summed E-state index contributed by atoms with van der Waals surface area (Å²) in [5.41, 5.74) is 1.04. The Morgan fingerprint density at radius 3 is 3.05 bits per heavy atom. The van der Waals surface area contributed by atoms with Gasteiger partial charge in [-0.05, 0) is 20.3 Å². The minimum Gasteiger partial charge on any atom is -0.395 e. The van der Waals surface area contributed by atoms with E-state index in [1.165, 1.54) is 0 Å². The summed E-state index contributed by atoms with van der Waals surface area (Å²) in [5, 5.41) is 12.6. The van der Waals surface area contributed by atoms with Crippen molar-refractivity contribution >= 4 is 0 Å². The lowest BCUT2D eigenvalue weighted by Gasteiger charge is -2.17. The van der Waals surface area contributed by atoms with Gasteiger partial charge in [-0.3, -0.25) is 0 Å². The molecule has 0 saturated carbocycles. The molecule has 1 saturated heterocycles. The second-order valence-corrected chi connectivity index (χ2v) is 5.62. The van der Waals surface area contributed by atoms with Gasteiger partial charge in [0.1, 0.15) is 5.69 Å². The van der Waals surface area contributed by atoms with Crippen LogP contribution in [0.15, 0.2) is 24.9 Å². The molecule has 1 aliphatic rings. The first-order chi connectivity index (χ1) is 9.70. The summed E-state index contributed by atoms with van der Waals surface area (Å²) in [6.45, 7) is 5.32. The molecule has 108 valence electrons. The van der Waals surface area contributed by atoms with Crippen molar-refractivity contribution in [2.45, 2.75) is 38.4 Å². The summed E-state index contributed by atoms with van der Waals surface area (Å²) in [6.07, 6.45) is 8.49. The summed E-state index contributed by atoms with van der Waals surface area (Å²) in [4.78, 5) is 8.76. The van der Waals surface area contributed by atoms with Crippen LogP contribution in [0, 0.1) is 0 Å². The van der Waals surface area contributed by atoms with Gasteiger partial charge >= 0.3 is 0 Å². The van der Waals surface area contributed by atoms with E-state index in [1.54, 1.807) is 0 Å². The van der Waals surface area contributed by atoms with Crippen LogP contribution in [0.1, 0.15) is 32.4 Å². The highest BCUT2D eigenvalue weighted by molar-refractivity contribution is 5.50. The van der Waals surface area contributed by atoms with Crippen LogP contribution in [0.25, 0.3) is 11.5 Å². The summed E-state index contributed by atoms with van der Waals surface area (Å²) < 4.78 is 4.32. The number of nitrogens with one attached hydrogen (secondary N) is 1. The Bertz CT molecular complexity index is 574. The largest absolute Gasteiger partial charge is 0.395 e. The van der Waals surface area contributed by atoms with E-state index in [0.717, 1.165) is 24.5 Å². The lowest BCUT2D eigenvalue weighted by Crippen LogP contribution is -2.24. The van der Waals surface area contributed by atoms with E-state index in [-0.39, 0.29) is 12.6 Å². The van der Waals surface area contributed by atoms with Gasteiger partial charge in [-0.15, -0.1) is 0 Å². The molecular weight excluding hydrogens is 254 g/mol. The Balaban J connectivity index is 1.92. The van der Waals surface area contributed by atoms with Gasteiger partial charge in [-0.1, -0.05) is 0 Å². The molecule has 0 spiro atoms. The van der Waals surface area contributed by atoms with Crippen LogP contribution < -0.4 is 5.32 Å². The van der Waals surface area contributed by atoms with Gasteiger partial charge < -0.3 is 19.6 Å². The van der Waals surface area contributed by atoms with Crippen molar-refractivity contribution in [3.63, 3.8) is 0 Å². The van der Waals surface area contributed by atoms with Crippen LogP contribution >= 0.6 is 0 Å². The average molecular weight is 275 g/mol. The van der Waals surface area contributed by atoms with Crippen LogP contribution in [-0.4, -0.2) is 43.4 Å². The standard InChI is InChI=1S/C14H21N5O/c1-10(2)19-9-15-7-13(19)14-16-3-4-18(14)12-5-11(8-20)17-6-12/h3-4,7,9-12,17,20H,5-6,8H2,1-2H3/t11-,12+/m1/s1. The lowest BCUT2D eigenvalue weighted by atomic mass is 10.2. The van der Waals surface area contributed by atoms with Gasteiger partial charge in [0.2, 0.25) is 0 Å². The van der Waals surface area contributed by atoms with Crippen molar-refractivity contribution < 1.29 is 5.11 Å². The molecule has 2 aromatic heterocycles. The van der Waals surface area contributed by atoms with Gasteiger partial charge in [0.25, 0.3) is 0 Å². The quantitative estimate of drug-likeness (QED) is 0.880. The highest BCUT2D eigenvalue weighted by atomic mass is 16.3. The van der Waals surface area contributed by atoms with Gasteiger partial charge in [-0.2, -0.15) is 0 Å². The molecule has 0 bridgehead atoms. The normalized spacial score (nSPS) is 22.8. The number of aliphatic hydroxyl groups is 1. The van der Waals surface area contributed by atoms with Gasteiger partial charge in [0, 0.05) is 37.1 Å². The highest BCUT2D eigenvalue weighted by Gasteiger charge is 2.27. The fraction of sp³-hybridized carbons (Fsp3) is 0.571. The van der Waals surface area contributed by atoms with Gasteiger partial charge in [-0.25, -0.2) is 9.97 Å². The van der Waals surface area contributed by atoms with E-state index in [2.05, 4.69) is 38.3 Å². The van der Waals surface area contributed by atoms with Crippen LogP contribution in [-0.2, 0) is 0 Å². The molecule has 0 unspecified atom stereocenters. The van der Waals surface area contributed by atoms with Crippen molar-refractivity contribution in [2.24, 2.45) is 0 Å². The number of hydrogen-bond acceptors (Lipinski definition) is 4. The fourth-order valence-electron chi connectivity index (χ4n) is 2.84. The second-order valence-electron chi connectivity index (χ2n) is 5.62. The summed E-state index contributed by atoms with van der Waals surface area (Å²) in [5.74, 6) is 0.946.